The molecule has 0 aromatic heterocycles. The molecule has 1 rings (SSSR count). The summed E-state index contributed by atoms with van der Waals surface area (Å²) >= 11 is 0. The summed E-state index contributed by atoms with van der Waals surface area (Å²) in [4.78, 5) is 11.4. The SMILES string of the molecule is COCC(NC(=O)C(C)O)c1ccc(F)c(F)c1. The van der Waals surface area contributed by atoms with Gasteiger partial charge in [0.05, 0.1) is 12.6 Å². The predicted octanol–water partition coefficient (Wildman–Crippen LogP) is 1.15. The third kappa shape index (κ3) is 3.75. The third-order valence-corrected chi connectivity index (χ3v) is 2.38. The summed E-state index contributed by atoms with van der Waals surface area (Å²) in [6, 6.07) is 2.67. The second kappa shape index (κ2) is 6.42. The Morgan fingerprint density at radius 2 is 2.11 bits per heavy atom. The highest BCUT2D eigenvalue weighted by atomic mass is 19.2. The Morgan fingerprint density at radius 3 is 2.61 bits per heavy atom. The van der Waals surface area contributed by atoms with E-state index in [1.807, 2.05) is 0 Å². The number of nitrogens with one attached hydrogen (secondary N) is 1. The lowest BCUT2D eigenvalue weighted by Crippen LogP contribution is -2.37. The highest BCUT2D eigenvalue weighted by Gasteiger charge is 2.18. The molecule has 0 bridgehead atoms. The Bertz CT molecular complexity index is 424. The largest absolute Gasteiger partial charge is 0.384 e. The van der Waals surface area contributed by atoms with E-state index in [0.29, 0.717) is 5.56 Å². The molecule has 1 aromatic carbocycles. The molecule has 0 saturated carbocycles. The van der Waals surface area contributed by atoms with Crippen LogP contribution >= 0.6 is 0 Å². The van der Waals surface area contributed by atoms with Crippen LogP contribution < -0.4 is 5.32 Å². The average molecular weight is 259 g/mol. The van der Waals surface area contributed by atoms with Gasteiger partial charge >= 0.3 is 0 Å². The number of ether oxygens (including phenoxy) is 1. The molecular formula is C12H15F2NO3. The second-order valence-corrected chi connectivity index (χ2v) is 3.87. The van der Waals surface area contributed by atoms with Gasteiger partial charge in [-0.25, -0.2) is 8.78 Å². The van der Waals surface area contributed by atoms with E-state index in [-0.39, 0.29) is 6.61 Å². The minimum atomic E-state index is -1.19. The van der Waals surface area contributed by atoms with Crippen LogP contribution in [0.2, 0.25) is 0 Å². The van der Waals surface area contributed by atoms with Crippen LogP contribution in [0.25, 0.3) is 0 Å². The van der Waals surface area contributed by atoms with Gasteiger partial charge in [0.15, 0.2) is 11.6 Å². The molecular weight excluding hydrogens is 244 g/mol. The number of benzene rings is 1. The fourth-order valence-corrected chi connectivity index (χ4v) is 1.41. The molecule has 0 saturated heterocycles. The molecule has 2 unspecified atom stereocenters. The Morgan fingerprint density at radius 1 is 1.44 bits per heavy atom. The van der Waals surface area contributed by atoms with Crippen LogP contribution in [-0.4, -0.2) is 30.8 Å². The van der Waals surface area contributed by atoms with Crippen LogP contribution in [0.3, 0.4) is 0 Å². The number of rotatable bonds is 5. The minimum Gasteiger partial charge on any atom is -0.384 e. The number of methoxy groups -OCH3 is 1. The van der Waals surface area contributed by atoms with E-state index >= 15 is 0 Å². The molecule has 18 heavy (non-hydrogen) atoms. The van der Waals surface area contributed by atoms with Crippen molar-refractivity contribution in [1.29, 1.82) is 0 Å². The minimum absolute atomic E-state index is 0.0868. The van der Waals surface area contributed by atoms with E-state index in [2.05, 4.69) is 5.32 Å². The molecule has 6 heteroatoms. The molecule has 100 valence electrons. The summed E-state index contributed by atoms with van der Waals surface area (Å²) in [6.07, 6.45) is -1.19. The number of hydrogen-bond donors (Lipinski definition) is 2. The summed E-state index contributed by atoms with van der Waals surface area (Å²) in [5.74, 6) is -2.57. The summed E-state index contributed by atoms with van der Waals surface area (Å²) in [5.41, 5.74) is 0.366. The molecule has 2 N–H and O–H groups in total. The normalized spacial score (nSPS) is 14.1. The lowest BCUT2D eigenvalue weighted by atomic mass is 10.1. The highest BCUT2D eigenvalue weighted by molar-refractivity contribution is 5.80. The summed E-state index contributed by atoms with van der Waals surface area (Å²) in [5, 5.41) is 11.6. The first kappa shape index (κ1) is 14.5. The van der Waals surface area contributed by atoms with E-state index in [1.165, 1.54) is 20.1 Å². The van der Waals surface area contributed by atoms with Gasteiger partial charge in [-0.15, -0.1) is 0 Å². The fraction of sp³-hybridized carbons (Fsp3) is 0.417. The van der Waals surface area contributed by atoms with Crippen molar-refractivity contribution in [3.05, 3.63) is 35.4 Å². The number of hydrogen-bond acceptors (Lipinski definition) is 3. The van der Waals surface area contributed by atoms with Crippen molar-refractivity contribution in [1.82, 2.24) is 5.32 Å². The van der Waals surface area contributed by atoms with Crippen LogP contribution in [-0.2, 0) is 9.53 Å². The lowest BCUT2D eigenvalue weighted by Gasteiger charge is -2.19. The molecule has 0 heterocycles. The first-order valence-electron chi connectivity index (χ1n) is 5.38. The number of aliphatic hydroxyl groups is 1. The Hall–Kier alpha value is -1.53. The van der Waals surface area contributed by atoms with E-state index in [4.69, 9.17) is 9.84 Å². The zero-order valence-electron chi connectivity index (χ0n) is 10.1. The zero-order chi connectivity index (χ0) is 13.7. The van der Waals surface area contributed by atoms with Crippen LogP contribution in [0.5, 0.6) is 0 Å². The van der Waals surface area contributed by atoms with Gasteiger partial charge in [0.25, 0.3) is 0 Å². The van der Waals surface area contributed by atoms with Crippen molar-refractivity contribution >= 4 is 5.91 Å². The molecule has 0 fully saturated rings. The first-order valence-corrected chi connectivity index (χ1v) is 5.38. The van der Waals surface area contributed by atoms with Crippen molar-refractivity contribution in [2.75, 3.05) is 13.7 Å². The topological polar surface area (TPSA) is 58.6 Å². The van der Waals surface area contributed by atoms with Crippen molar-refractivity contribution in [3.8, 4) is 0 Å². The number of carbonyl (C=O) groups is 1. The van der Waals surface area contributed by atoms with Gasteiger partial charge in [0.2, 0.25) is 5.91 Å². The van der Waals surface area contributed by atoms with E-state index in [0.717, 1.165) is 12.1 Å². The number of carbonyl (C=O) groups excluding carboxylic acids is 1. The van der Waals surface area contributed by atoms with Crippen LogP contribution in [0.1, 0.15) is 18.5 Å². The molecule has 2 atom stereocenters. The van der Waals surface area contributed by atoms with Crippen LogP contribution in [0.15, 0.2) is 18.2 Å². The smallest absolute Gasteiger partial charge is 0.249 e. The maximum absolute atomic E-state index is 13.1. The Labute approximate surface area is 104 Å². The lowest BCUT2D eigenvalue weighted by molar-refractivity contribution is -0.129. The molecule has 0 aliphatic heterocycles. The molecule has 1 amide bonds. The van der Waals surface area contributed by atoms with Crippen molar-refractivity contribution < 1.29 is 23.4 Å². The molecule has 0 aliphatic rings. The maximum Gasteiger partial charge on any atom is 0.249 e. The van der Waals surface area contributed by atoms with E-state index in [1.54, 1.807) is 0 Å². The van der Waals surface area contributed by atoms with Gasteiger partial charge in [-0.3, -0.25) is 4.79 Å². The van der Waals surface area contributed by atoms with Gasteiger partial charge in [-0.2, -0.15) is 0 Å². The maximum atomic E-state index is 13.1. The summed E-state index contributed by atoms with van der Waals surface area (Å²) < 4.78 is 30.8. The third-order valence-electron chi connectivity index (χ3n) is 2.38. The quantitative estimate of drug-likeness (QED) is 0.834. The number of amides is 1. The summed E-state index contributed by atoms with van der Waals surface area (Å²) in [6.45, 7) is 1.40. The molecule has 0 radical (unpaired) electrons. The molecule has 0 aliphatic carbocycles. The fourth-order valence-electron chi connectivity index (χ4n) is 1.41. The standard InChI is InChI=1S/C12H15F2NO3/c1-7(16)12(17)15-11(6-18-2)8-3-4-9(13)10(14)5-8/h3-5,7,11,16H,6H2,1-2H3,(H,15,17). The predicted molar refractivity (Wildman–Crippen MR) is 60.8 cm³/mol. The second-order valence-electron chi connectivity index (χ2n) is 3.87. The average Bonchev–Trinajstić information content (AvgIpc) is 2.32. The summed E-state index contributed by atoms with van der Waals surface area (Å²) in [7, 11) is 1.42. The Balaban J connectivity index is 2.89. The number of aliphatic hydroxyl groups excluding tert-OH is 1. The van der Waals surface area contributed by atoms with E-state index in [9.17, 15) is 13.6 Å². The van der Waals surface area contributed by atoms with Gasteiger partial charge in [-0.1, -0.05) is 6.07 Å². The van der Waals surface area contributed by atoms with Crippen LogP contribution in [0.4, 0.5) is 8.78 Å². The first-order chi connectivity index (χ1) is 8.45. The molecule has 0 spiro atoms. The number of halogens is 2. The zero-order valence-corrected chi connectivity index (χ0v) is 10.1. The van der Waals surface area contributed by atoms with Crippen molar-refractivity contribution in [2.24, 2.45) is 0 Å². The van der Waals surface area contributed by atoms with Gasteiger partial charge in [0.1, 0.15) is 6.10 Å². The molecule has 4 nitrogen and oxygen atoms in total. The highest BCUT2D eigenvalue weighted by Crippen LogP contribution is 2.17. The van der Waals surface area contributed by atoms with Gasteiger partial charge in [-0.05, 0) is 24.6 Å². The van der Waals surface area contributed by atoms with Crippen molar-refractivity contribution in [3.63, 3.8) is 0 Å². The molecule has 1 aromatic rings. The monoisotopic (exact) mass is 259 g/mol. The van der Waals surface area contributed by atoms with E-state index < -0.39 is 29.7 Å². The van der Waals surface area contributed by atoms with Gasteiger partial charge in [0, 0.05) is 7.11 Å². The van der Waals surface area contributed by atoms with Crippen molar-refractivity contribution in [2.45, 2.75) is 19.1 Å². The van der Waals surface area contributed by atoms with Crippen LogP contribution in [0, 0.1) is 11.6 Å². The Kier molecular flexibility index (Phi) is 5.18. The van der Waals surface area contributed by atoms with Gasteiger partial charge < -0.3 is 15.2 Å².